The molecule has 0 bridgehead atoms. The number of carbonyl (C=O) groups is 1. The summed E-state index contributed by atoms with van der Waals surface area (Å²) in [6.07, 6.45) is 0.721. The van der Waals surface area contributed by atoms with Crippen LogP contribution in [0.5, 0.6) is 5.75 Å². The van der Waals surface area contributed by atoms with Crippen molar-refractivity contribution >= 4 is 29.5 Å². The zero-order chi connectivity index (χ0) is 13.0. The van der Waals surface area contributed by atoms with Crippen LogP contribution >= 0.6 is 23.2 Å². The van der Waals surface area contributed by atoms with Crippen LogP contribution in [0.25, 0.3) is 0 Å². The zero-order valence-corrected chi connectivity index (χ0v) is 10.9. The number of hydrogen-bond acceptors (Lipinski definition) is 2. The Balaban J connectivity index is 2.18. The highest BCUT2D eigenvalue weighted by molar-refractivity contribution is 6.32. The van der Waals surface area contributed by atoms with Crippen molar-refractivity contribution in [2.75, 3.05) is 0 Å². The van der Waals surface area contributed by atoms with Crippen LogP contribution in [0.2, 0.25) is 10.0 Å². The lowest BCUT2D eigenvalue weighted by molar-refractivity contribution is 0.111. The third kappa shape index (κ3) is 3.03. The lowest BCUT2D eigenvalue weighted by Gasteiger charge is -2.10. The number of benzene rings is 2. The number of carbonyl (C=O) groups excluding carboxylic acids is 1. The van der Waals surface area contributed by atoms with Crippen molar-refractivity contribution in [3.63, 3.8) is 0 Å². The highest BCUT2D eigenvalue weighted by atomic mass is 35.5. The minimum atomic E-state index is 0.311. The van der Waals surface area contributed by atoms with Gasteiger partial charge in [-0.2, -0.15) is 0 Å². The Morgan fingerprint density at radius 3 is 2.61 bits per heavy atom. The second-order valence-corrected chi connectivity index (χ2v) is 4.54. The lowest BCUT2D eigenvalue weighted by atomic mass is 10.2. The first kappa shape index (κ1) is 12.9. The molecule has 0 aliphatic heterocycles. The summed E-state index contributed by atoms with van der Waals surface area (Å²) >= 11 is 11.9. The molecule has 0 fully saturated rings. The Morgan fingerprint density at radius 1 is 1.11 bits per heavy atom. The van der Waals surface area contributed by atoms with Gasteiger partial charge >= 0.3 is 0 Å². The van der Waals surface area contributed by atoms with Crippen LogP contribution in [0.1, 0.15) is 15.9 Å². The van der Waals surface area contributed by atoms with E-state index in [0.29, 0.717) is 28.0 Å². The van der Waals surface area contributed by atoms with Gasteiger partial charge in [-0.1, -0.05) is 41.4 Å². The number of aldehydes is 1. The van der Waals surface area contributed by atoms with E-state index in [2.05, 4.69) is 0 Å². The van der Waals surface area contributed by atoms with Gasteiger partial charge in [-0.3, -0.25) is 4.79 Å². The first-order valence-electron chi connectivity index (χ1n) is 5.31. The molecule has 18 heavy (non-hydrogen) atoms. The summed E-state index contributed by atoms with van der Waals surface area (Å²) in [6.45, 7) is 0.311. The fraction of sp³-hybridized carbons (Fsp3) is 0.0714. The zero-order valence-electron chi connectivity index (χ0n) is 9.40. The highest BCUT2D eigenvalue weighted by Gasteiger charge is 2.07. The largest absolute Gasteiger partial charge is 0.487 e. The fourth-order valence-electron chi connectivity index (χ4n) is 1.55. The van der Waals surface area contributed by atoms with Crippen molar-refractivity contribution in [3.8, 4) is 5.75 Å². The summed E-state index contributed by atoms with van der Waals surface area (Å²) in [4.78, 5) is 10.9. The van der Waals surface area contributed by atoms with Crippen LogP contribution in [0.3, 0.4) is 0 Å². The molecule has 2 nitrogen and oxygen atoms in total. The van der Waals surface area contributed by atoms with Crippen LogP contribution in [-0.4, -0.2) is 6.29 Å². The smallest absolute Gasteiger partial charge is 0.153 e. The average molecular weight is 281 g/mol. The molecule has 0 aromatic heterocycles. The predicted molar refractivity (Wildman–Crippen MR) is 72.6 cm³/mol. The van der Waals surface area contributed by atoms with E-state index in [1.807, 2.05) is 12.1 Å². The molecule has 0 N–H and O–H groups in total. The molecule has 0 heterocycles. The number of para-hydroxylation sites is 1. The van der Waals surface area contributed by atoms with Gasteiger partial charge in [0.05, 0.1) is 10.6 Å². The van der Waals surface area contributed by atoms with Crippen molar-refractivity contribution in [3.05, 3.63) is 63.6 Å². The fourth-order valence-corrected chi connectivity index (χ4v) is 2.00. The molecule has 0 unspecified atom stereocenters. The van der Waals surface area contributed by atoms with Crippen molar-refractivity contribution in [2.24, 2.45) is 0 Å². The Kier molecular flexibility index (Phi) is 4.24. The molecule has 0 saturated carbocycles. The minimum Gasteiger partial charge on any atom is -0.487 e. The summed E-state index contributed by atoms with van der Waals surface area (Å²) in [5.74, 6) is 0.397. The maximum Gasteiger partial charge on any atom is 0.153 e. The van der Waals surface area contributed by atoms with E-state index in [1.165, 1.54) is 0 Å². The van der Waals surface area contributed by atoms with Gasteiger partial charge in [0.2, 0.25) is 0 Å². The van der Waals surface area contributed by atoms with Crippen LogP contribution in [-0.2, 0) is 6.61 Å². The molecule has 0 atom stereocenters. The van der Waals surface area contributed by atoms with E-state index < -0.39 is 0 Å². The summed E-state index contributed by atoms with van der Waals surface area (Å²) in [6, 6.07) is 12.4. The Bertz CT molecular complexity index is 567. The first-order chi connectivity index (χ1) is 8.70. The number of halogens is 2. The van der Waals surface area contributed by atoms with E-state index in [1.54, 1.807) is 30.3 Å². The molecule has 0 amide bonds. The molecule has 0 aliphatic carbocycles. The van der Waals surface area contributed by atoms with Crippen molar-refractivity contribution in [1.29, 1.82) is 0 Å². The molecule has 2 aromatic rings. The third-order valence-corrected chi connectivity index (χ3v) is 2.93. The number of rotatable bonds is 4. The van der Waals surface area contributed by atoms with Gasteiger partial charge in [0.1, 0.15) is 12.4 Å². The molecule has 0 spiro atoms. The van der Waals surface area contributed by atoms with Gasteiger partial charge in [-0.25, -0.2) is 0 Å². The van der Waals surface area contributed by atoms with Crippen LogP contribution in [0.15, 0.2) is 42.5 Å². The SMILES string of the molecule is O=Cc1cccc(Cl)c1OCc1cccc(Cl)c1. The molecule has 4 heteroatoms. The Labute approximate surface area is 115 Å². The summed E-state index contributed by atoms with van der Waals surface area (Å²) in [5.41, 5.74) is 1.35. The van der Waals surface area contributed by atoms with Crippen LogP contribution in [0.4, 0.5) is 0 Å². The third-order valence-electron chi connectivity index (χ3n) is 2.40. The maximum absolute atomic E-state index is 10.9. The van der Waals surface area contributed by atoms with Crippen molar-refractivity contribution in [2.45, 2.75) is 6.61 Å². The first-order valence-corrected chi connectivity index (χ1v) is 6.07. The highest BCUT2D eigenvalue weighted by Crippen LogP contribution is 2.28. The predicted octanol–water partition coefficient (Wildman–Crippen LogP) is 4.38. The summed E-state index contributed by atoms with van der Waals surface area (Å²) < 4.78 is 5.58. The van der Waals surface area contributed by atoms with E-state index in [4.69, 9.17) is 27.9 Å². The van der Waals surface area contributed by atoms with Gasteiger partial charge in [0.25, 0.3) is 0 Å². The monoisotopic (exact) mass is 280 g/mol. The van der Waals surface area contributed by atoms with Crippen LogP contribution < -0.4 is 4.74 Å². The Hall–Kier alpha value is -1.51. The van der Waals surface area contributed by atoms with Gasteiger partial charge in [0.15, 0.2) is 6.29 Å². The molecule has 0 radical (unpaired) electrons. The number of hydrogen-bond donors (Lipinski definition) is 0. The van der Waals surface area contributed by atoms with Crippen molar-refractivity contribution < 1.29 is 9.53 Å². The van der Waals surface area contributed by atoms with E-state index in [9.17, 15) is 4.79 Å². The summed E-state index contributed by atoms with van der Waals surface area (Å²) in [7, 11) is 0. The van der Waals surface area contributed by atoms with Crippen LogP contribution in [0, 0.1) is 0 Å². The average Bonchev–Trinajstić information content (AvgIpc) is 2.37. The van der Waals surface area contributed by atoms with Gasteiger partial charge in [-0.05, 0) is 29.8 Å². The Morgan fingerprint density at radius 2 is 1.89 bits per heavy atom. The van der Waals surface area contributed by atoms with Crippen molar-refractivity contribution in [1.82, 2.24) is 0 Å². The summed E-state index contributed by atoms with van der Waals surface area (Å²) in [5, 5.41) is 1.06. The standard InChI is InChI=1S/C14H10Cl2O2/c15-12-5-1-3-10(7-12)9-18-14-11(8-17)4-2-6-13(14)16/h1-8H,9H2. The second-order valence-electron chi connectivity index (χ2n) is 3.69. The van der Waals surface area contributed by atoms with E-state index >= 15 is 0 Å². The maximum atomic E-state index is 10.9. The molecule has 2 aromatic carbocycles. The molecule has 0 saturated heterocycles. The van der Waals surface area contributed by atoms with Gasteiger partial charge in [0, 0.05) is 5.02 Å². The molecule has 0 aliphatic rings. The quantitative estimate of drug-likeness (QED) is 0.777. The van der Waals surface area contributed by atoms with Gasteiger partial charge in [-0.15, -0.1) is 0 Å². The lowest BCUT2D eigenvalue weighted by Crippen LogP contribution is -1.98. The van der Waals surface area contributed by atoms with E-state index in [-0.39, 0.29) is 0 Å². The molecule has 2 rings (SSSR count). The van der Waals surface area contributed by atoms with Gasteiger partial charge < -0.3 is 4.74 Å². The number of ether oxygens (including phenoxy) is 1. The normalized spacial score (nSPS) is 10.1. The molecular formula is C14H10Cl2O2. The molecular weight excluding hydrogens is 271 g/mol. The second kappa shape index (κ2) is 5.89. The van der Waals surface area contributed by atoms with E-state index in [0.717, 1.165) is 11.8 Å². The minimum absolute atomic E-state index is 0.311. The molecule has 92 valence electrons. The topological polar surface area (TPSA) is 26.3 Å².